The number of aromatic nitrogens is 2. The molecule has 1 aromatic rings. The van der Waals surface area contributed by atoms with Crippen LogP contribution in [0.4, 0.5) is 0 Å². The molecule has 1 fully saturated rings. The highest BCUT2D eigenvalue weighted by atomic mass is 16.1. The average molecular weight is 260 g/mol. The van der Waals surface area contributed by atoms with Crippen LogP contribution in [0.1, 0.15) is 92.5 Å². The Bertz CT molecular complexity index is 481. The first-order valence-electron chi connectivity index (χ1n) is 7.83. The van der Waals surface area contributed by atoms with Crippen LogP contribution in [-0.2, 0) is 6.42 Å². The SMILES string of the molecule is CC(C)c1nn(C2CCCCC2)c2c1C(=O)CCC2. The van der Waals surface area contributed by atoms with Crippen molar-refractivity contribution in [3.05, 3.63) is 17.0 Å². The number of Topliss-reactive ketones (excluding diaryl/α,β-unsaturated/α-hetero) is 1. The highest BCUT2D eigenvalue weighted by molar-refractivity contribution is 5.99. The molecule has 1 saturated carbocycles. The van der Waals surface area contributed by atoms with Crippen molar-refractivity contribution in [2.75, 3.05) is 0 Å². The fourth-order valence-corrected chi connectivity index (χ4v) is 3.61. The fourth-order valence-electron chi connectivity index (χ4n) is 3.61. The molecule has 0 spiro atoms. The van der Waals surface area contributed by atoms with E-state index >= 15 is 0 Å². The summed E-state index contributed by atoms with van der Waals surface area (Å²) in [6, 6.07) is 0.542. The Hall–Kier alpha value is -1.12. The van der Waals surface area contributed by atoms with Gasteiger partial charge in [-0.3, -0.25) is 9.48 Å². The molecule has 2 aliphatic carbocycles. The maximum atomic E-state index is 12.3. The summed E-state index contributed by atoms with van der Waals surface area (Å²) >= 11 is 0. The van der Waals surface area contributed by atoms with Gasteiger partial charge in [0.2, 0.25) is 0 Å². The molecule has 3 rings (SSSR count). The van der Waals surface area contributed by atoms with Crippen LogP contribution < -0.4 is 0 Å². The van der Waals surface area contributed by atoms with Gasteiger partial charge >= 0.3 is 0 Å². The highest BCUT2D eigenvalue weighted by Gasteiger charge is 2.30. The minimum Gasteiger partial charge on any atom is -0.294 e. The number of fused-ring (bicyclic) bond motifs is 1. The molecule has 19 heavy (non-hydrogen) atoms. The molecular formula is C16H24N2O. The minimum absolute atomic E-state index is 0.326. The zero-order valence-corrected chi connectivity index (χ0v) is 12.1. The van der Waals surface area contributed by atoms with E-state index < -0.39 is 0 Å². The number of hydrogen-bond acceptors (Lipinski definition) is 2. The molecule has 3 heteroatoms. The number of carbonyl (C=O) groups excluding carboxylic acids is 1. The lowest BCUT2D eigenvalue weighted by molar-refractivity contribution is 0.0970. The van der Waals surface area contributed by atoms with E-state index in [1.807, 2.05) is 0 Å². The zero-order chi connectivity index (χ0) is 13.4. The van der Waals surface area contributed by atoms with E-state index in [-0.39, 0.29) is 0 Å². The van der Waals surface area contributed by atoms with E-state index in [4.69, 9.17) is 5.10 Å². The Morgan fingerprint density at radius 3 is 2.53 bits per heavy atom. The van der Waals surface area contributed by atoms with Gasteiger partial charge in [0.15, 0.2) is 5.78 Å². The number of ketones is 1. The molecule has 0 bridgehead atoms. The van der Waals surface area contributed by atoms with E-state index in [0.29, 0.717) is 24.2 Å². The Balaban J connectivity index is 2.04. The van der Waals surface area contributed by atoms with Crippen LogP contribution >= 0.6 is 0 Å². The quantitative estimate of drug-likeness (QED) is 0.804. The zero-order valence-electron chi connectivity index (χ0n) is 12.1. The van der Waals surface area contributed by atoms with Crippen LogP contribution in [0, 0.1) is 0 Å². The first-order chi connectivity index (χ1) is 9.18. The minimum atomic E-state index is 0.326. The predicted octanol–water partition coefficient (Wildman–Crippen LogP) is 4.03. The molecule has 0 amide bonds. The van der Waals surface area contributed by atoms with Gasteiger partial charge in [0.1, 0.15) is 0 Å². The third kappa shape index (κ3) is 2.24. The van der Waals surface area contributed by atoms with Crippen molar-refractivity contribution in [3.8, 4) is 0 Å². The predicted molar refractivity (Wildman–Crippen MR) is 75.7 cm³/mol. The fraction of sp³-hybridized carbons (Fsp3) is 0.750. The van der Waals surface area contributed by atoms with E-state index in [1.165, 1.54) is 37.8 Å². The van der Waals surface area contributed by atoms with Crippen LogP contribution in [0.2, 0.25) is 0 Å². The van der Waals surface area contributed by atoms with E-state index in [9.17, 15) is 4.79 Å². The lowest BCUT2D eigenvalue weighted by Gasteiger charge is -2.25. The van der Waals surface area contributed by atoms with Gasteiger partial charge in [0, 0.05) is 12.1 Å². The van der Waals surface area contributed by atoms with Gasteiger partial charge in [0.25, 0.3) is 0 Å². The first-order valence-corrected chi connectivity index (χ1v) is 7.83. The third-order valence-electron chi connectivity index (χ3n) is 4.60. The van der Waals surface area contributed by atoms with E-state index in [1.54, 1.807) is 0 Å². The van der Waals surface area contributed by atoms with Gasteiger partial charge in [-0.05, 0) is 31.6 Å². The molecule has 2 aliphatic rings. The number of nitrogens with zero attached hydrogens (tertiary/aromatic N) is 2. The lowest BCUT2D eigenvalue weighted by atomic mass is 9.90. The summed E-state index contributed by atoms with van der Waals surface area (Å²) in [6.07, 6.45) is 9.20. The van der Waals surface area contributed by atoms with Crippen LogP contribution in [-0.4, -0.2) is 15.6 Å². The summed E-state index contributed by atoms with van der Waals surface area (Å²) in [5, 5.41) is 4.86. The second-order valence-electron chi connectivity index (χ2n) is 6.37. The van der Waals surface area contributed by atoms with E-state index in [2.05, 4.69) is 18.5 Å². The number of carbonyl (C=O) groups is 1. The second kappa shape index (κ2) is 5.10. The summed E-state index contributed by atoms with van der Waals surface area (Å²) in [4.78, 5) is 12.3. The summed E-state index contributed by atoms with van der Waals surface area (Å²) in [7, 11) is 0. The smallest absolute Gasteiger partial charge is 0.166 e. The van der Waals surface area contributed by atoms with Crippen molar-refractivity contribution < 1.29 is 4.79 Å². The molecule has 0 aliphatic heterocycles. The van der Waals surface area contributed by atoms with Crippen LogP contribution in [0.25, 0.3) is 0 Å². The van der Waals surface area contributed by atoms with Crippen molar-refractivity contribution in [2.45, 2.75) is 77.2 Å². The van der Waals surface area contributed by atoms with Crippen LogP contribution in [0.5, 0.6) is 0 Å². The number of hydrogen-bond donors (Lipinski definition) is 0. The molecule has 0 N–H and O–H groups in total. The Morgan fingerprint density at radius 2 is 1.84 bits per heavy atom. The van der Waals surface area contributed by atoms with Gasteiger partial charge < -0.3 is 0 Å². The molecule has 1 aromatic heterocycles. The van der Waals surface area contributed by atoms with Crippen molar-refractivity contribution in [3.63, 3.8) is 0 Å². The molecule has 0 radical (unpaired) electrons. The maximum absolute atomic E-state index is 12.3. The van der Waals surface area contributed by atoms with Gasteiger partial charge in [-0.25, -0.2) is 0 Å². The highest BCUT2D eigenvalue weighted by Crippen LogP contribution is 2.35. The van der Waals surface area contributed by atoms with Crippen LogP contribution in [0.3, 0.4) is 0 Å². The average Bonchev–Trinajstić information content (AvgIpc) is 2.81. The molecule has 0 unspecified atom stereocenters. The van der Waals surface area contributed by atoms with Gasteiger partial charge in [-0.15, -0.1) is 0 Å². The molecule has 0 aromatic carbocycles. The number of rotatable bonds is 2. The molecule has 1 heterocycles. The van der Waals surface area contributed by atoms with Crippen LogP contribution in [0.15, 0.2) is 0 Å². The topological polar surface area (TPSA) is 34.9 Å². The standard InChI is InChI=1S/C16H24N2O/c1-11(2)16-15-13(9-6-10-14(15)19)18(17-16)12-7-4-3-5-8-12/h11-12H,3-10H2,1-2H3. The summed E-state index contributed by atoms with van der Waals surface area (Å²) in [5.74, 6) is 0.674. The molecule has 0 atom stereocenters. The Labute approximate surface area is 115 Å². The second-order valence-corrected chi connectivity index (χ2v) is 6.37. The monoisotopic (exact) mass is 260 g/mol. The van der Waals surface area contributed by atoms with Crippen molar-refractivity contribution in [1.29, 1.82) is 0 Å². The molecule has 104 valence electrons. The normalized spacial score (nSPS) is 20.9. The van der Waals surface area contributed by atoms with Crippen molar-refractivity contribution in [2.24, 2.45) is 0 Å². The molecule has 3 nitrogen and oxygen atoms in total. The van der Waals surface area contributed by atoms with Crippen molar-refractivity contribution in [1.82, 2.24) is 9.78 Å². The van der Waals surface area contributed by atoms with Gasteiger partial charge in [0.05, 0.1) is 17.3 Å². The third-order valence-corrected chi connectivity index (χ3v) is 4.60. The summed E-state index contributed by atoms with van der Waals surface area (Å²) in [5.41, 5.74) is 3.27. The summed E-state index contributed by atoms with van der Waals surface area (Å²) < 4.78 is 2.24. The largest absolute Gasteiger partial charge is 0.294 e. The Morgan fingerprint density at radius 1 is 1.11 bits per heavy atom. The van der Waals surface area contributed by atoms with Gasteiger partial charge in [-0.2, -0.15) is 5.10 Å². The maximum Gasteiger partial charge on any atom is 0.166 e. The van der Waals surface area contributed by atoms with E-state index in [0.717, 1.165) is 24.1 Å². The first kappa shape index (κ1) is 12.9. The Kier molecular flexibility index (Phi) is 3.46. The molecule has 0 saturated heterocycles. The van der Waals surface area contributed by atoms with Gasteiger partial charge in [-0.1, -0.05) is 33.1 Å². The lowest BCUT2D eigenvalue weighted by Crippen LogP contribution is -2.19. The van der Waals surface area contributed by atoms with Crippen molar-refractivity contribution >= 4 is 5.78 Å². The summed E-state index contributed by atoms with van der Waals surface area (Å²) in [6.45, 7) is 4.30. The molecular weight excluding hydrogens is 236 g/mol.